The Balaban J connectivity index is 1.88. The van der Waals surface area contributed by atoms with Gasteiger partial charge in [0.05, 0.1) is 5.71 Å². The maximum Gasteiger partial charge on any atom is 0.124 e. The molecule has 0 amide bonds. The van der Waals surface area contributed by atoms with Gasteiger partial charge in [-0.15, -0.1) is 0 Å². The third-order valence-corrected chi connectivity index (χ3v) is 3.75. The van der Waals surface area contributed by atoms with Crippen LogP contribution in [0.15, 0.2) is 53.7 Å². The van der Waals surface area contributed by atoms with E-state index in [0.29, 0.717) is 0 Å². The maximum atomic E-state index is 9.01. The lowest BCUT2D eigenvalue weighted by atomic mass is 10.1. The minimum absolute atomic E-state index is 0.00202. The normalized spacial score (nSPS) is 16.9. The smallest absolute Gasteiger partial charge is 0.124 e. The number of benzene rings is 2. The molecule has 1 atom stereocenters. The number of oxime groups is 1. The summed E-state index contributed by atoms with van der Waals surface area (Å²) in [4.78, 5) is 0. The van der Waals surface area contributed by atoms with Gasteiger partial charge in [0.2, 0.25) is 0 Å². The zero-order valence-corrected chi connectivity index (χ0v) is 11.4. The summed E-state index contributed by atoms with van der Waals surface area (Å²) in [6.07, 6.45) is 1.64. The highest BCUT2D eigenvalue weighted by atomic mass is 16.5. The van der Waals surface area contributed by atoms with Gasteiger partial charge in [0.1, 0.15) is 11.9 Å². The Kier molecular flexibility index (Phi) is 3.42. The van der Waals surface area contributed by atoms with Crippen LogP contribution in [0.25, 0.3) is 0 Å². The molecule has 0 bridgehead atoms. The van der Waals surface area contributed by atoms with Gasteiger partial charge in [-0.25, -0.2) is 0 Å². The van der Waals surface area contributed by atoms with Crippen molar-refractivity contribution < 1.29 is 9.94 Å². The zero-order valence-electron chi connectivity index (χ0n) is 11.4. The zero-order chi connectivity index (χ0) is 13.9. The van der Waals surface area contributed by atoms with Crippen LogP contribution >= 0.6 is 0 Å². The molecule has 0 aliphatic heterocycles. The van der Waals surface area contributed by atoms with Crippen molar-refractivity contribution in [3.63, 3.8) is 0 Å². The second-order valence-corrected chi connectivity index (χ2v) is 5.00. The van der Waals surface area contributed by atoms with E-state index in [1.165, 1.54) is 0 Å². The molecule has 0 fully saturated rings. The Morgan fingerprint density at radius 1 is 1.05 bits per heavy atom. The summed E-state index contributed by atoms with van der Waals surface area (Å²) in [6, 6.07) is 16.1. The van der Waals surface area contributed by atoms with Crippen molar-refractivity contribution in [2.75, 3.05) is 0 Å². The van der Waals surface area contributed by atoms with E-state index >= 15 is 0 Å². The van der Waals surface area contributed by atoms with E-state index in [9.17, 15) is 0 Å². The van der Waals surface area contributed by atoms with Gasteiger partial charge in [-0.05, 0) is 31.4 Å². The molecule has 0 spiro atoms. The van der Waals surface area contributed by atoms with Crippen molar-refractivity contribution in [3.05, 3.63) is 65.2 Å². The topological polar surface area (TPSA) is 41.8 Å². The van der Waals surface area contributed by atoms with Crippen molar-refractivity contribution in [2.24, 2.45) is 5.16 Å². The third kappa shape index (κ3) is 2.27. The molecule has 1 N–H and O–H groups in total. The summed E-state index contributed by atoms with van der Waals surface area (Å²) in [5, 5.41) is 12.4. The van der Waals surface area contributed by atoms with E-state index in [-0.39, 0.29) is 6.10 Å². The lowest BCUT2D eigenvalue weighted by Crippen LogP contribution is -2.05. The van der Waals surface area contributed by atoms with E-state index in [1.54, 1.807) is 0 Å². The van der Waals surface area contributed by atoms with Gasteiger partial charge >= 0.3 is 0 Å². The second-order valence-electron chi connectivity index (χ2n) is 5.00. The second kappa shape index (κ2) is 5.37. The van der Waals surface area contributed by atoms with Crippen molar-refractivity contribution in [1.29, 1.82) is 0 Å². The van der Waals surface area contributed by atoms with Crippen LogP contribution in [0.4, 0.5) is 0 Å². The number of hydrogen-bond donors (Lipinski definition) is 1. The van der Waals surface area contributed by atoms with E-state index < -0.39 is 0 Å². The summed E-state index contributed by atoms with van der Waals surface area (Å²) in [5.41, 5.74) is 4.05. The number of nitrogens with zero attached hydrogens (tertiary/aromatic N) is 1. The summed E-state index contributed by atoms with van der Waals surface area (Å²) in [5.74, 6) is 0.887. The summed E-state index contributed by atoms with van der Waals surface area (Å²) >= 11 is 0. The van der Waals surface area contributed by atoms with Crippen molar-refractivity contribution in [1.82, 2.24) is 0 Å². The van der Waals surface area contributed by atoms with Crippen LogP contribution in [0.1, 0.15) is 36.1 Å². The first-order valence-corrected chi connectivity index (χ1v) is 6.84. The fourth-order valence-corrected chi connectivity index (χ4v) is 2.67. The summed E-state index contributed by atoms with van der Waals surface area (Å²) in [7, 11) is 0. The van der Waals surface area contributed by atoms with Crippen LogP contribution in [0, 0.1) is 0 Å². The lowest BCUT2D eigenvalue weighted by molar-refractivity contribution is 0.225. The fourth-order valence-electron chi connectivity index (χ4n) is 2.67. The van der Waals surface area contributed by atoms with E-state index in [1.807, 2.05) is 43.3 Å². The molecule has 3 rings (SSSR count). The maximum absolute atomic E-state index is 9.01. The molecule has 0 radical (unpaired) electrons. The van der Waals surface area contributed by atoms with E-state index in [4.69, 9.17) is 9.94 Å². The molecule has 1 aliphatic carbocycles. The molecule has 20 heavy (non-hydrogen) atoms. The first-order chi connectivity index (χ1) is 9.79. The molecule has 0 saturated carbocycles. The van der Waals surface area contributed by atoms with Crippen molar-refractivity contribution in [3.8, 4) is 5.75 Å². The quantitative estimate of drug-likeness (QED) is 0.675. The molecule has 3 heteroatoms. The van der Waals surface area contributed by atoms with Crippen molar-refractivity contribution >= 4 is 5.71 Å². The molecule has 2 aromatic rings. The largest absolute Gasteiger partial charge is 0.486 e. The van der Waals surface area contributed by atoms with Gasteiger partial charge in [-0.3, -0.25) is 0 Å². The number of hydrogen-bond acceptors (Lipinski definition) is 3. The van der Waals surface area contributed by atoms with Crippen LogP contribution in [0.5, 0.6) is 5.75 Å². The molecular formula is C17H17NO2. The predicted molar refractivity (Wildman–Crippen MR) is 78.6 cm³/mol. The van der Waals surface area contributed by atoms with Crippen LogP contribution in [-0.2, 0) is 6.42 Å². The van der Waals surface area contributed by atoms with Gasteiger partial charge in [0.15, 0.2) is 0 Å². The van der Waals surface area contributed by atoms with Gasteiger partial charge in [-0.2, -0.15) is 0 Å². The van der Waals surface area contributed by atoms with Crippen molar-refractivity contribution in [2.45, 2.75) is 25.9 Å². The average Bonchev–Trinajstić information content (AvgIpc) is 2.92. The highest BCUT2D eigenvalue weighted by molar-refractivity contribution is 6.04. The standard InChI is InChI=1S/C17H17NO2/c1-12(13-6-3-2-4-7-13)20-17-9-5-8-14-15(17)10-11-16(14)18-19/h2-9,12,19H,10-11H2,1H3. The summed E-state index contributed by atoms with van der Waals surface area (Å²) in [6.45, 7) is 2.05. The minimum Gasteiger partial charge on any atom is -0.486 e. The number of rotatable bonds is 3. The highest BCUT2D eigenvalue weighted by Gasteiger charge is 2.22. The van der Waals surface area contributed by atoms with Crippen LogP contribution in [0.2, 0.25) is 0 Å². The van der Waals surface area contributed by atoms with E-state index in [0.717, 1.165) is 41.0 Å². The van der Waals surface area contributed by atoms with Gasteiger partial charge < -0.3 is 9.94 Å². The number of fused-ring (bicyclic) bond motifs is 1. The Morgan fingerprint density at radius 3 is 2.60 bits per heavy atom. The molecule has 1 unspecified atom stereocenters. The monoisotopic (exact) mass is 267 g/mol. The Morgan fingerprint density at radius 2 is 1.85 bits per heavy atom. The van der Waals surface area contributed by atoms with Gasteiger partial charge in [0.25, 0.3) is 0 Å². The first-order valence-electron chi connectivity index (χ1n) is 6.84. The molecule has 0 heterocycles. The fraction of sp³-hybridized carbons (Fsp3) is 0.235. The van der Waals surface area contributed by atoms with Crippen LogP contribution < -0.4 is 4.74 Å². The molecular weight excluding hydrogens is 250 g/mol. The van der Waals surface area contributed by atoms with E-state index in [2.05, 4.69) is 17.3 Å². The molecule has 0 saturated heterocycles. The molecule has 0 aromatic heterocycles. The van der Waals surface area contributed by atoms with Crippen LogP contribution in [0.3, 0.4) is 0 Å². The highest BCUT2D eigenvalue weighted by Crippen LogP contribution is 2.33. The lowest BCUT2D eigenvalue weighted by Gasteiger charge is -2.17. The predicted octanol–water partition coefficient (Wildman–Crippen LogP) is 3.95. The summed E-state index contributed by atoms with van der Waals surface area (Å²) < 4.78 is 6.10. The molecule has 102 valence electrons. The third-order valence-electron chi connectivity index (χ3n) is 3.75. The molecule has 3 nitrogen and oxygen atoms in total. The first kappa shape index (κ1) is 12.7. The Bertz CT molecular complexity index is 635. The average molecular weight is 267 g/mol. The molecule has 1 aliphatic rings. The van der Waals surface area contributed by atoms with Crippen LogP contribution in [-0.4, -0.2) is 10.9 Å². The van der Waals surface area contributed by atoms with Gasteiger partial charge in [-0.1, -0.05) is 47.6 Å². The Labute approximate surface area is 118 Å². The minimum atomic E-state index is -0.00202. The SMILES string of the molecule is CC(Oc1cccc2c1CCC2=NO)c1ccccc1. The molecule has 2 aromatic carbocycles. The van der Waals surface area contributed by atoms with Gasteiger partial charge in [0, 0.05) is 11.1 Å². The number of ether oxygens (including phenoxy) is 1. The Hall–Kier alpha value is -2.29.